The monoisotopic (exact) mass is 349 g/mol. The molecular formula is C17H20ClN3O3. The van der Waals surface area contributed by atoms with E-state index in [2.05, 4.69) is 5.10 Å². The molecule has 2 atom stereocenters. The molecule has 2 unspecified atom stereocenters. The molecule has 2 heterocycles. The highest BCUT2D eigenvalue weighted by Gasteiger charge is 2.30. The molecule has 1 aromatic carbocycles. The summed E-state index contributed by atoms with van der Waals surface area (Å²) in [6.45, 7) is 3.14. The van der Waals surface area contributed by atoms with Crippen molar-refractivity contribution in [2.24, 2.45) is 0 Å². The van der Waals surface area contributed by atoms with Gasteiger partial charge < -0.3 is 14.7 Å². The Bertz CT molecular complexity index is 719. The van der Waals surface area contributed by atoms with Gasteiger partial charge >= 0.3 is 0 Å². The smallest absolute Gasteiger partial charge is 0.257 e. The quantitative estimate of drug-likeness (QED) is 0.914. The lowest BCUT2D eigenvalue weighted by molar-refractivity contribution is -0.0667. The molecule has 6 nitrogen and oxygen atoms in total. The van der Waals surface area contributed by atoms with Crippen LogP contribution in [-0.4, -0.2) is 57.6 Å². The molecule has 2 aromatic rings. The second-order valence-corrected chi connectivity index (χ2v) is 6.37. The third-order valence-electron chi connectivity index (χ3n) is 4.14. The van der Waals surface area contributed by atoms with Crippen LogP contribution in [0.5, 0.6) is 0 Å². The summed E-state index contributed by atoms with van der Waals surface area (Å²) in [6, 6.07) is 7.52. The van der Waals surface area contributed by atoms with E-state index in [4.69, 9.17) is 16.3 Å². The molecule has 1 aliphatic rings. The lowest BCUT2D eigenvalue weighted by Crippen LogP contribution is -2.51. The van der Waals surface area contributed by atoms with Gasteiger partial charge in [-0.2, -0.15) is 5.10 Å². The molecule has 0 bridgehead atoms. The number of benzene rings is 1. The van der Waals surface area contributed by atoms with Crippen molar-refractivity contribution in [1.82, 2.24) is 14.7 Å². The van der Waals surface area contributed by atoms with Gasteiger partial charge in [0.15, 0.2) is 0 Å². The van der Waals surface area contributed by atoms with Gasteiger partial charge in [-0.25, -0.2) is 0 Å². The van der Waals surface area contributed by atoms with Crippen LogP contribution in [0, 0.1) is 0 Å². The molecule has 1 N–H and O–H groups in total. The van der Waals surface area contributed by atoms with Crippen LogP contribution in [0.15, 0.2) is 36.7 Å². The Labute approximate surface area is 145 Å². The first-order chi connectivity index (χ1) is 11.6. The predicted molar refractivity (Wildman–Crippen MR) is 90.1 cm³/mol. The van der Waals surface area contributed by atoms with Crippen molar-refractivity contribution in [3.63, 3.8) is 0 Å². The fourth-order valence-electron chi connectivity index (χ4n) is 2.74. The summed E-state index contributed by atoms with van der Waals surface area (Å²) in [6.07, 6.45) is 2.96. The van der Waals surface area contributed by atoms with Crippen LogP contribution in [-0.2, 0) is 11.3 Å². The Kier molecular flexibility index (Phi) is 5.18. The molecule has 0 radical (unpaired) electrons. The number of carbonyl (C=O) groups is 1. The average Bonchev–Trinajstić information content (AvgIpc) is 3.05. The van der Waals surface area contributed by atoms with E-state index in [0.717, 1.165) is 5.56 Å². The Hall–Kier alpha value is -1.89. The van der Waals surface area contributed by atoms with Crippen LogP contribution in [0.4, 0.5) is 0 Å². The summed E-state index contributed by atoms with van der Waals surface area (Å²) >= 11 is 6.16. The number of carbonyl (C=O) groups excluding carboxylic acids is 1. The summed E-state index contributed by atoms with van der Waals surface area (Å²) in [7, 11) is 0. The van der Waals surface area contributed by atoms with Crippen LogP contribution < -0.4 is 0 Å². The Morgan fingerprint density at radius 2 is 2.25 bits per heavy atom. The molecule has 1 amide bonds. The van der Waals surface area contributed by atoms with Gasteiger partial charge in [-0.1, -0.05) is 29.8 Å². The number of hydrogen-bond acceptors (Lipinski definition) is 4. The third kappa shape index (κ3) is 3.61. The number of morpholine rings is 1. The van der Waals surface area contributed by atoms with Crippen molar-refractivity contribution >= 4 is 17.5 Å². The van der Waals surface area contributed by atoms with Crippen LogP contribution in [0.25, 0.3) is 0 Å². The molecule has 7 heteroatoms. The molecule has 0 aliphatic carbocycles. The molecule has 0 spiro atoms. The van der Waals surface area contributed by atoms with Gasteiger partial charge in [-0.05, 0) is 18.6 Å². The van der Waals surface area contributed by atoms with E-state index in [1.165, 1.54) is 0 Å². The summed E-state index contributed by atoms with van der Waals surface area (Å²) in [5.41, 5.74) is 1.47. The number of halogens is 1. The van der Waals surface area contributed by atoms with Gasteiger partial charge in [0.1, 0.15) is 0 Å². The van der Waals surface area contributed by atoms with Gasteiger partial charge in [0.05, 0.1) is 43.7 Å². The van der Waals surface area contributed by atoms with Crippen molar-refractivity contribution in [2.75, 3.05) is 19.8 Å². The van der Waals surface area contributed by atoms with Crippen LogP contribution in [0.1, 0.15) is 22.8 Å². The Morgan fingerprint density at radius 3 is 3.00 bits per heavy atom. The van der Waals surface area contributed by atoms with Crippen molar-refractivity contribution in [1.29, 1.82) is 0 Å². The van der Waals surface area contributed by atoms with Gasteiger partial charge in [-0.15, -0.1) is 0 Å². The van der Waals surface area contributed by atoms with Gasteiger partial charge in [0.25, 0.3) is 5.91 Å². The molecule has 1 aliphatic heterocycles. The first kappa shape index (κ1) is 17.0. The molecule has 128 valence electrons. The van der Waals surface area contributed by atoms with Crippen molar-refractivity contribution in [2.45, 2.75) is 25.6 Å². The maximum absolute atomic E-state index is 12.7. The summed E-state index contributed by atoms with van der Waals surface area (Å²) in [5.74, 6) is -0.102. The second kappa shape index (κ2) is 7.34. The Balaban J connectivity index is 1.72. The SMILES string of the molecule is CC1COC(CO)CN1C(=O)c1cnn(Cc2ccccc2Cl)c1. The van der Waals surface area contributed by atoms with Crippen molar-refractivity contribution in [3.05, 3.63) is 52.8 Å². The van der Waals surface area contributed by atoms with Gasteiger partial charge in [-0.3, -0.25) is 9.48 Å². The van der Waals surface area contributed by atoms with E-state index < -0.39 is 0 Å². The van der Waals surface area contributed by atoms with Gasteiger partial charge in [0.2, 0.25) is 0 Å². The topological polar surface area (TPSA) is 67.6 Å². The summed E-state index contributed by atoms with van der Waals surface area (Å²) < 4.78 is 7.17. The summed E-state index contributed by atoms with van der Waals surface area (Å²) in [4.78, 5) is 14.4. The number of rotatable bonds is 4. The van der Waals surface area contributed by atoms with E-state index in [0.29, 0.717) is 30.3 Å². The number of amides is 1. The van der Waals surface area contributed by atoms with Crippen LogP contribution in [0.3, 0.4) is 0 Å². The highest BCUT2D eigenvalue weighted by Crippen LogP contribution is 2.18. The normalized spacial score (nSPS) is 21.0. The maximum Gasteiger partial charge on any atom is 0.257 e. The Morgan fingerprint density at radius 1 is 1.46 bits per heavy atom. The van der Waals surface area contributed by atoms with Crippen LogP contribution in [0.2, 0.25) is 5.02 Å². The standard InChI is InChI=1S/C17H20ClN3O3/c1-12-11-24-15(10-22)9-21(12)17(23)14-6-19-20(8-14)7-13-4-2-3-5-16(13)18/h2-6,8,12,15,22H,7,9-11H2,1H3. The fourth-order valence-corrected chi connectivity index (χ4v) is 2.93. The highest BCUT2D eigenvalue weighted by atomic mass is 35.5. The zero-order chi connectivity index (χ0) is 17.1. The van der Waals surface area contributed by atoms with Crippen molar-refractivity contribution < 1.29 is 14.6 Å². The van der Waals surface area contributed by atoms with E-state index >= 15 is 0 Å². The van der Waals surface area contributed by atoms with E-state index in [-0.39, 0.29) is 24.7 Å². The minimum Gasteiger partial charge on any atom is -0.394 e. The lowest BCUT2D eigenvalue weighted by Gasteiger charge is -2.37. The van der Waals surface area contributed by atoms with E-state index in [9.17, 15) is 9.90 Å². The zero-order valence-electron chi connectivity index (χ0n) is 13.4. The molecule has 3 rings (SSSR count). The zero-order valence-corrected chi connectivity index (χ0v) is 14.2. The minimum atomic E-state index is -0.330. The molecule has 1 saturated heterocycles. The number of hydrogen-bond donors (Lipinski definition) is 1. The largest absolute Gasteiger partial charge is 0.394 e. The number of aliphatic hydroxyl groups is 1. The lowest BCUT2D eigenvalue weighted by atomic mass is 10.1. The number of aromatic nitrogens is 2. The molecular weight excluding hydrogens is 330 g/mol. The number of ether oxygens (including phenoxy) is 1. The maximum atomic E-state index is 12.7. The minimum absolute atomic E-state index is 0.0350. The second-order valence-electron chi connectivity index (χ2n) is 5.96. The van der Waals surface area contributed by atoms with E-state index in [1.54, 1.807) is 22.0 Å². The fraction of sp³-hybridized carbons (Fsp3) is 0.412. The highest BCUT2D eigenvalue weighted by molar-refractivity contribution is 6.31. The number of nitrogens with zero attached hydrogens (tertiary/aromatic N) is 3. The third-order valence-corrected chi connectivity index (χ3v) is 4.51. The molecule has 1 fully saturated rings. The molecule has 24 heavy (non-hydrogen) atoms. The predicted octanol–water partition coefficient (Wildman–Crippen LogP) is 1.81. The number of aliphatic hydroxyl groups excluding tert-OH is 1. The van der Waals surface area contributed by atoms with Crippen molar-refractivity contribution in [3.8, 4) is 0 Å². The van der Waals surface area contributed by atoms with E-state index in [1.807, 2.05) is 31.2 Å². The molecule has 1 aromatic heterocycles. The van der Waals surface area contributed by atoms with Crippen LogP contribution >= 0.6 is 11.6 Å². The molecule has 0 saturated carbocycles. The first-order valence-corrected chi connectivity index (χ1v) is 8.25. The summed E-state index contributed by atoms with van der Waals surface area (Å²) in [5, 5.41) is 14.2. The first-order valence-electron chi connectivity index (χ1n) is 7.87. The van der Waals surface area contributed by atoms with Gasteiger partial charge in [0, 0.05) is 17.8 Å². The average molecular weight is 350 g/mol.